The zero-order valence-corrected chi connectivity index (χ0v) is 11.3. The van der Waals surface area contributed by atoms with Crippen LogP contribution < -0.4 is 34.7 Å². The molecule has 0 bridgehead atoms. The van der Waals surface area contributed by atoms with Crippen molar-refractivity contribution < 1.29 is 49.4 Å². The van der Waals surface area contributed by atoms with Crippen LogP contribution in [0.3, 0.4) is 0 Å². The molecule has 0 radical (unpaired) electrons. The van der Waals surface area contributed by atoms with Gasteiger partial charge in [0, 0.05) is 12.4 Å². The third kappa shape index (κ3) is 4.35. The summed E-state index contributed by atoms with van der Waals surface area (Å²) in [6, 6.07) is 4.62. The summed E-state index contributed by atoms with van der Waals surface area (Å²) in [6.45, 7) is 1.79. The van der Waals surface area contributed by atoms with Crippen molar-refractivity contribution in [2.45, 2.75) is 19.8 Å². The number of Topliss-reactive ketones (excluding diaryl/α,β-unsaturated/α-hetero) is 1. The van der Waals surface area contributed by atoms with Gasteiger partial charge in [0.15, 0.2) is 5.78 Å². The minimum Gasteiger partial charge on any atom is -0.550 e. The first-order valence-electron chi connectivity index (χ1n) is 4.53. The molecule has 0 atom stereocenters. The van der Waals surface area contributed by atoms with Crippen LogP contribution in [0.2, 0.25) is 0 Å². The summed E-state index contributed by atoms with van der Waals surface area (Å²) in [5, 5.41) is 19.5. The Morgan fingerprint density at radius 3 is 2.50 bits per heavy atom. The first-order valence-corrected chi connectivity index (χ1v) is 4.53. The third-order valence-corrected chi connectivity index (χ3v) is 2.01. The van der Waals surface area contributed by atoms with E-state index in [1.54, 1.807) is 13.0 Å². The van der Waals surface area contributed by atoms with Crippen LogP contribution in [0.4, 0.5) is 0 Å². The number of carbonyl (C=O) groups excluding carboxylic acids is 2. The summed E-state index contributed by atoms with van der Waals surface area (Å²) in [4.78, 5) is 21.6. The van der Waals surface area contributed by atoms with Crippen molar-refractivity contribution in [3.05, 3.63) is 29.3 Å². The van der Waals surface area contributed by atoms with Crippen molar-refractivity contribution in [3.8, 4) is 5.75 Å². The molecule has 0 aliphatic heterocycles. The minimum absolute atomic E-state index is 0. The van der Waals surface area contributed by atoms with Crippen molar-refractivity contribution in [2.75, 3.05) is 0 Å². The summed E-state index contributed by atoms with van der Waals surface area (Å²) < 4.78 is 0. The van der Waals surface area contributed by atoms with E-state index in [4.69, 9.17) is 0 Å². The molecule has 0 unspecified atom stereocenters. The van der Waals surface area contributed by atoms with E-state index in [1.165, 1.54) is 12.1 Å². The monoisotopic (exact) mass is 230 g/mol. The van der Waals surface area contributed by atoms with E-state index in [2.05, 4.69) is 0 Å². The standard InChI is InChI=1S/C11H12O4.Na/c1-7-2-3-9(12)8(6-7)10(13)4-5-11(14)15;/h2-3,6,12H,4-5H2,1H3,(H,14,15);/q;+1/p-1. The van der Waals surface area contributed by atoms with Crippen molar-refractivity contribution in [1.82, 2.24) is 0 Å². The van der Waals surface area contributed by atoms with E-state index in [9.17, 15) is 19.8 Å². The number of aliphatic carboxylic acids is 1. The van der Waals surface area contributed by atoms with Crippen molar-refractivity contribution in [1.29, 1.82) is 0 Å². The molecule has 4 nitrogen and oxygen atoms in total. The number of carboxylic acid groups (broad SMARTS) is 1. The first-order chi connectivity index (χ1) is 7.00. The Hall–Kier alpha value is -0.840. The number of rotatable bonds is 4. The molecule has 0 aliphatic carbocycles. The Labute approximate surface area is 116 Å². The van der Waals surface area contributed by atoms with Crippen LogP contribution in [-0.4, -0.2) is 16.9 Å². The molecule has 1 rings (SSSR count). The molecule has 0 heterocycles. The average molecular weight is 230 g/mol. The van der Waals surface area contributed by atoms with Gasteiger partial charge in [-0.2, -0.15) is 0 Å². The third-order valence-electron chi connectivity index (χ3n) is 2.01. The molecule has 0 saturated carbocycles. The molecule has 1 aromatic carbocycles. The van der Waals surface area contributed by atoms with Gasteiger partial charge in [0.2, 0.25) is 0 Å². The number of phenolic OH excluding ortho intramolecular Hbond substituents is 1. The van der Waals surface area contributed by atoms with Gasteiger partial charge in [0.05, 0.1) is 5.56 Å². The van der Waals surface area contributed by atoms with Gasteiger partial charge in [0.1, 0.15) is 5.75 Å². The Kier molecular flexibility index (Phi) is 6.33. The number of hydrogen-bond acceptors (Lipinski definition) is 4. The van der Waals surface area contributed by atoms with Gasteiger partial charge in [-0.15, -0.1) is 0 Å². The Morgan fingerprint density at radius 2 is 1.94 bits per heavy atom. The Balaban J connectivity index is 0.00000225. The van der Waals surface area contributed by atoms with Crippen molar-refractivity contribution in [3.63, 3.8) is 0 Å². The molecule has 0 saturated heterocycles. The zero-order chi connectivity index (χ0) is 11.4. The predicted octanol–water partition coefficient (Wildman–Crippen LogP) is -2.58. The fraction of sp³-hybridized carbons (Fsp3) is 0.273. The fourth-order valence-corrected chi connectivity index (χ4v) is 1.22. The predicted molar refractivity (Wildman–Crippen MR) is 51.4 cm³/mol. The maximum Gasteiger partial charge on any atom is 1.00 e. The quantitative estimate of drug-likeness (QED) is 0.455. The molecule has 16 heavy (non-hydrogen) atoms. The van der Waals surface area contributed by atoms with Gasteiger partial charge in [-0.3, -0.25) is 4.79 Å². The second kappa shape index (κ2) is 6.68. The number of aryl methyl sites for hydroxylation is 1. The second-order valence-electron chi connectivity index (χ2n) is 3.32. The number of carboxylic acids is 1. The molecule has 0 amide bonds. The van der Waals surface area contributed by atoms with Crippen LogP contribution in [0.1, 0.15) is 28.8 Å². The van der Waals surface area contributed by atoms with E-state index < -0.39 is 5.97 Å². The average Bonchev–Trinajstić information content (AvgIpc) is 2.18. The summed E-state index contributed by atoms with van der Waals surface area (Å²) >= 11 is 0. The summed E-state index contributed by atoms with van der Waals surface area (Å²) in [5.41, 5.74) is 1.00. The maximum absolute atomic E-state index is 11.5. The number of carbonyl (C=O) groups is 2. The number of ketones is 1. The molecule has 1 aromatic rings. The van der Waals surface area contributed by atoms with Crippen LogP contribution in [0.15, 0.2) is 18.2 Å². The van der Waals surface area contributed by atoms with E-state index in [1.807, 2.05) is 0 Å². The van der Waals surface area contributed by atoms with Crippen LogP contribution >= 0.6 is 0 Å². The van der Waals surface area contributed by atoms with Gasteiger partial charge in [-0.05, 0) is 25.5 Å². The molecule has 5 heteroatoms. The van der Waals surface area contributed by atoms with E-state index >= 15 is 0 Å². The van der Waals surface area contributed by atoms with Gasteiger partial charge >= 0.3 is 29.6 Å². The topological polar surface area (TPSA) is 77.4 Å². The van der Waals surface area contributed by atoms with Gasteiger partial charge in [-0.25, -0.2) is 0 Å². The van der Waals surface area contributed by atoms with E-state index in [-0.39, 0.29) is 59.5 Å². The second-order valence-corrected chi connectivity index (χ2v) is 3.32. The molecule has 1 N–H and O–H groups in total. The molecule has 0 aromatic heterocycles. The van der Waals surface area contributed by atoms with Gasteiger partial charge in [-0.1, -0.05) is 11.6 Å². The minimum atomic E-state index is -1.27. The molecular formula is C11H11NaO4. The van der Waals surface area contributed by atoms with Gasteiger partial charge in [0.25, 0.3) is 0 Å². The number of aromatic hydroxyl groups is 1. The van der Waals surface area contributed by atoms with Crippen LogP contribution in [0, 0.1) is 6.92 Å². The van der Waals surface area contributed by atoms with Crippen LogP contribution in [0.5, 0.6) is 5.75 Å². The fourth-order valence-electron chi connectivity index (χ4n) is 1.22. The normalized spacial score (nSPS) is 9.31. The van der Waals surface area contributed by atoms with Crippen LogP contribution in [-0.2, 0) is 4.79 Å². The molecule has 80 valence electrons. The number of hydrogen-bond donors (Lipinski definition) is 1. The van der Waals surface area contributed by atoms with Crippen molar-refractivity contribution >= 4 is 11.8 Å². The maximum atomic E-state index is 11.5. The summed E-state index contributed by atoms with van der Waals surface area (Å²) in [5.74, 6) is -1.78. The SMILES string of the molecule is Cc1ccc(O)c(C(=O)CCC(=O)[O-])c1.[Na+]. The van der Waals surface area contributed by atoms with E-state index in [0.29, 0.717) is 0 Å². The largest absolute Gasteiger partial charge is 1.00 e. The smallest absolute Gasteiger partial charge is 0.550 e. The Bertz CT molecular complexity index is 401. The summed E-state index contributed by atoms with van der Waals surface area (Å²) in [6.07, 6.45) is -0.481. The first kappa shape index (κ1) is 15.2. The molecule has 0 aliphatic rings. The van der Waals surface area contributed by atoms with Crippen LogP contribution in [0.25, 0.3) is 0 Å². The number of benzene rings is 1. The zero-order valence-electron chi connectivity index (χ0n) is 9.32. The van der Waals surface area contributed by atoms with Gasteiger partial charge < -0.3 is 15.0 Å². The number of phenols is 1. The molecule has 0 spiro atoms. The van der Waals surface area contributed by atoms with E-state index in [0.717, 1.165) is 5.56 Å². The summed E-state index contributed by atoms with van der Waals surface area (Å²) in [7, 11) is 0. The Morgan fingerprint density at radius 1 is 1.31 bits per heavy atom. The molecular weight excluding hydrogens is 219 g/mol. The molecule has 0 fully saturated rings. The van der Waals surface area contributed by atoms with Crippen molar-refractivity contribution in [2.24, 2.45) is 0 Å².